The van der Waals surface area contributed by atoms with Crippen LogP contribution in [-0.2, 0) is 0 Å². The van der Waals surface area contributed by atoms with Crippen molar-refractivity contribution in [3.8, 4) is 11.8 Å². The van der Waals surface area contributed by atoms with Crippen LogP contribution in [0, 0.1) is 34.0 Å². The number of rotatable bonds is 2. The maximum Gasteiger partial charge on any atom is 0.337 e. The minimum Gasteiger partial charge on any atom is -0.478 e. The summed E-state index contributed by atoms with van der Waals surface area (Å²) in [5, 5.41) is 18.8. The van der Waals surface area contributed by atoms with Crippen LogP contribution in [0.2, 0.25) is 0 Å². The molecule has 1 aromatic carbocycles. The van der Waals surface area contributed by atoms with Gasteiger partial charge in [0.05, 0.1) is 11.1 Å². The predicted octanol–water partition coefficient (Wildman–Crippen LogP) is 4.43. The summed E-state index contributed by atoms with van der Waals surface area (Å²) < 4.78 is 0. The zero-order valence-electron chi connectivity index (χ0n) is 15.3. The molecular formula is C22H24O4. The van der Waals surface area contributed by atoms with Gasteiger partial charge in [-0.05, 0) is 67.4 Å². The first kappa shape index (κ1) is 17.1. The van der Waals surface area contributed by atoms with Crippen molar-refractivity contribution in [3.05, 3.63) is 34.9 Å². The molecule has 4 bridgehead atoms. The molecule has 4 saturated carbocycles. The van der Waals surface area contributed by atoms with Crippen molar-refractivity contribution in [2.24, 2.45) is 22.2 Å². The standard InChI is InChI=1S/C22H24O4/c1-20-8-14-9-21(2,11-20)13-22(10-14,12-20)7-6-15-4-3-5-16(18(23)24)17(15)19(25)26/h3-5,14H,8-13H2,1-2H3,(H,23,24)(H,25,26). The van der Waals surface area contributed by atoms with Crippen molar-refractivity contribution < 1.29 is 19.8 Å². The largest absolute Gasteiger partial charge is 0.478 e. The molecule has 0 amide bonds. The van der Waals surface area contributed by atoms with Crippen LogP contribution in [0.4, 0.5) is 0 Å². The molecule has 0 radical (unpaired) electrons. The molecule has 0 aromatic heterocycles. The van der Waals surface area contributed by atoms with E-state index < -0.39 is 11.9 Å². The summed E-state index contributed by atoms with van der Waals surface area (Å²) in [4.78, 5) is 23.0. The molecule has 4 heteroatoms. The van der Waals surface area contributed by atoms with Crippen molar-refractivity contribution in [2.75, 3.05) is 0 Å². The fourth-order valence-electron chi connectivity index (χ4n) is 6.85. The van der Waals surface area contributed by atoms with Gasteiger partial charge in [-0.15, -0.1) is 0 Å². The van der Waals surface area contributed by atoms with Crippen molar-refractivity contribution in [2.45, 2.75) is 52.4 Å². The quantitative estimate of drug-likeness (QED) is 0.772. The lowest BCUT2D eigenvalue weighted by atomic mass is 9.40. The molecule has 136 valence electrons. The Morgan fingerprint density at radius 1 is 1.00 bits per heavy atom. The van der Waals surface area contributed by atoms with Crippen LogP contribution in [-0.4, -0.2) is 22.2 Å². The molecule has 0 aliphatic heterocycles. The van der Waals surface area contributed by atoms with Gasteiger partial charge in [0, 0.05) is 11.0 Å². The zero-order valence-corrected chi connectivity index (χ0v) is 15.3. The molecule has 4 aliphatic rings. The average Bonchev–Trinajstić information content (AvgIpc) is 2.48. The Morgan fingerprint density at radius 2 is 1.65 bits per heavy atom. The van der Waals surface area contributed by atoms with Gasteiger partial charge in [0.1, 0.15) is 0 Å². The van der Waals surface area contributed by atoms with E-state index in [0.29, 0.717) is 22.3 Å². The minimum atomic E-state index is -1.24. The van der Waals surface area contributed by atoms with Gasteiger partial charge in [-0.25, -0.2) is 9.59 Å². The molecule has 2 unspecified atom stereocenters. The van der Waals surface area contributed by atoms with Crippen molar-refractivity contribution >= 4 is 11.9 Å². The average molecular weight is 352 g/mol. The number of hydrogen-bond acceptors (Lipinski definition) is 2. The van der Waals surface area contributed by atoms with Crippen molar-refractivity contribution in [1.82, 2.24) is 0 Å². The number of hydrogen-bond donors (Lipinski definition) is 2. The molecule has 4 nitrogen and oxygen atoms in total. The third-order valence-corrected chi connectivity index (χ3v) is 6.60. The number of carboxylic acid groups (broad SMARTS) is 2. The third-order valence-electron chi connectivity index (χ3n) is 6.60. The highest BCUT2D eigenvalue weighted by Crippen LogP contribution is 2.69. The summed E-state index contributed by atoms with van der Waals surface area (Å²) in [5.74, 6) is 4.77. The molecule has 0 spiro atoms. The van der Waals surface area contributed by atoms with Crippen molar-refractivity contribution in [1.29, 1.82) is 0 Å². The summed E-state index contributed by atoms with van der Waals surface area (Å²) in [6, 6.07) is 4.51. The van der Waals surface area contributed by atoms with Crippen LogP contribution in [0.25, 0.3) is 0 Å². The Balaban J connectivity index is 1.76. The smallest absolute Gasteiger partial charge is 0.337 e. The molecule has 2 atom stereocenters. The Morgan fingerprint density at radius 3 is 2.19 bits per heavy atom. The van der Waals surface area contributed by atoms with Gasteiger partial charge in [0.2, 0.25) is 0 Å². The van der Waals surface area contributed by atoms with Crippen LogP contribution in [0.3, 0.4) is 0 Å². The van der Waals surface area contributed by atoms with Crippen LogP contribution in [0.1, 0.15) is 78.7 Å². The van der Waals surface area contributed by atoms with E-state index in [1.807, 2.05) is 0 Å². The van der Waals surface area contributed by atoms with Crippen LogP contribution in [0.5, 0.6) is 0 Å². The summed E-state index contributed by atoms with van der Waals surface area (Å²) >= 11 is 0. The topological polar surface area (TPSA) is 74.6 Å². The van der Waals surface area contributed by atoms with Gasteiger partial charge in [-0.1, -0.05) is 31.8 Å². The van der Waals surface area contributed by atoms with Gasteiger partial charge in [-0.3, -0.25) is 0 Å². The van der Waals surface area contributed by atoms with Crippen LogP contribution >= 0.6 is 0 Å². The highest BCUT2D eigenvalue weighted by molar-refractivity contribution is 6.03. The SMILES string of the molecule is CC12CC3CC(C)(C1)CC(C#Cc1cccc(C(=O)O)c1C(=O)O)(C3)C2. The second-order valence-electron chi connectivity index (χ2n) is 9.50. The van der Waals surface area contributed by atoms with E-state index in [1.54, 1.807) is 12.1 Å². The van der Waals surface area contributed by atoms with Crippen LogP contribution < -0.4 is 0 Å². The van der Waals surface area contributed by atoms with Gasteiger partial charge in [0.25, 0.3) is 0 Å². The van der Waals surface area contributed by atoms with E-state index in [4.69, 9.17) is 0 Å². The second-order valence-corrected chi connectivity index (χ2v) is 9.50. The van der Waals surface area contributed by atoms with E-state index in [-0.39, 0.29) is 16.5 Å². The van der Waals surface area contributed by atoms with E-state index in [1.165, 1.54) is 25.3 Å². The maximum atomic E-state index is 11.6. The van der Waals surface area contributed by atoms with Gasteiger partial charge in [-0.2, -0.15) is 0 Å². The van der Waals surface area contributed by atoms with E-state index >= 15 is 0 Å². The number of carboxylic acids is 2. The summed E-state index contributed by atoms with van der Waals surface area (Å²) in [6.45, 7) is 4.75. The molecule has 0 heterocycles. The van der Waals surface area contributed by atoms with Gasteiger partial charge < -0.3 is 10.2 Å². The van der Waals surface area contributed by atoms with E-state index in [0.717, 1.165) is 19.3 Å². The molecule has 0 saturated heterocycles. The third kappa shape index (κ3) is 2.70. The zero-order chi connectivity index (χ0) is 18.7. The molecule has 4 fully saturated rings. The first-order valence-corrected chi connectivity index (χ1v) is 9.26. The molecule has 5 rings (SSSR count). The van der Waals surface area contributed by atoms with E-state index in [2.05, 4.69) is 25.7 Å². The number of benzene rings is 1. The van der Waals surface area contributed by atoms with Gasteiger partial charge in [0.15, 0.2) is 0 Å². The Hall–Kier alpha value is -2.28. The minimum absolute atomic E-state index is 0.0576. The molecular weight excluding hydrogens is 328 g/mol. The molecule has 1 aromatic rings. The van der Waals surface area contributed by atoms with Crippen LogP contribution in [0.15, 0.2) is 18.2 Å². The molecule has 26 heavy (non-hydrogen) atoms. The summed E-state index contributed by atoms with van der Waals surface area (Å²) in [5.41, 5.74) is 0.521. The number of carbonyl (C=O) groups is 2. The second kappa shape index (κ2) is 5.36. The fourth-order valence-corrected chi connectivity index (χ4v) is 6.85. The highest BCUT2D eigenvalue weighted by atomic mass is 16.4. The summed E-state index contributed by atoms with van der Waals surface area (Å²) in [6.07, 6.45) is 7.04. The Kier molecular flexibility index (Phi) is 3.54. The first-order chi connectivity index (χ1) is 12.1. The predicted molar refractivity (Wildman–Crippen MR) is 97.1 cm³/mol. The maximum absolute atomic E-state index is 11.6. The fraction of sp³-hybridized carbons (Fsp3) is 0.545. The lowest BCUT2D eigenvalue weighted by Gasteiger charge is -2.64. The monoisotopic (exact) mass is 352 g/mol. The van der Waals surface area contributed by atoms with E-state index in [9.17, 15) is 19.8 Å². The lowest BCUT2D eigenvalue weighted by molar-refractivity contribution is -0.120. The normalized spacial score (nSPS) is 37.1. The summed E-state index contributed by atoms with van der Waals surface area (Å²) in [7, 11) is 0. The Labute approximate surface area is 153 Å². The highest BCUT2D eigenvalue weighted by Gasteiger charge is 2.59. The molecule has 4 aliphatic carbocycles. The van der Waals surface area contributed by atoms with Gasteiger partial charge >= 0.3 is 11.9 Å². The number of aromatic carboxylic acids is 2. The van der Waals surface area contributed by atoms with Crippen molar-refractivity contribution in [3.63, 3.8) is 0 Å². The molecule has 2 N–H and O–H groups in total. The first-order valence-electron chi connectivity index (χ1n) is 9.26. The Bertz CT molecular complexity index is 854. The lowest BCUT2D eigenvalue weighted by Crippen LogP contribution is -2.54.